The molecule has 2 fully saturated rings. The van der Waals surface area contributed by atoms with E-state index >= 15 is 0 Å². The van der Waals surface area contributed by atoms with E-state index in [-0.39, 0.29) is 23.6 Å². The Bertz CT molecular complexity index is 1030. The van der Waals surface area contributed by atoms with Crippen molar-refractivity contribution in [3.63, 3.8) is 0 Å². The Balaban J connectivity index is 1.33. The van der Waals surface area contributed by atoms with Crippen molar-refractivity contribution in [2.75, 3.05) is 18.1 Å². The van der Waals surface area contributed by atoms with Gasteiger partial charge >= 0.3 is 12.0 Å². The molecule has 2 aromatic rings. The fourth-order valence-electron chi connectivity index (χ4n) is 3.51. The van der Waals surface area contributed by atoms with Crippen molar-refractivity contribution < 1.29 is 19.5 Å². The highest BCUT2D eigenvalue weighted by Crippen LogP contribution is 2.44. The van der Waals surface area contributed by atoms with E-state index in [1.807, 2.05) is 30.3 Å². The van der Waals surface area contributed by atoms with Crippen LogP contribution in [0.4, 0.5) is 4.79 Å². The number of aryl methyl sites for hydroxylation is 1. The zero-order valence-electron chi connectivity index (χ0n) is 17.2. The van der Waals surface area contributed by atoms with Crippen LogP contribution in [0.3, 0.4) is 0 Å². The summed E-state index contributed by atoms with van der Waals surface area (Å²) in [4.78, 5) is 50.8. The third kappa shape index (κ3) is 4.65. The molecule has 2 unspecified atom stereocenters. The van der Waals surface area contributed by atoms with Crippen LogP contribution < -0.4 is 10.6 Å². The molecular formula is C20H22N6O4S2. The Morgan fingerprint density at radius 2 is 2.09 bits per heavy atom. The lowest BCUT2D eigenvalue weighted by Gasteiger charge is -2.53. The van der Waals surface area contributed by atoms with Crippen molar-refractivity contribution in [2.24, 2.45) is 5.41 Å². The van der Waals surface area contributed by atoms with Gasteiger partial charge in [0.05, 0.1) is 0 Å². The number of rotatable bonds is 7. The molecule has 0 bridgehead atoms. The summed E-state index contributed by atoms with van der Waals surface area (Å²) in [5.74, 6) is -0.139. The number of aliphatic carboxylic acids is 1. The number of thioether (sulfide) groups is 2. The number of β-lactam (4-membered cyclic amide) rings is 1. The van der Waals surface area contributed by atoms with E-state index in [4.69, 9.17) is 0 Å². The van der Waals surface area contributed by atoms with Crippen LogP contribution in [0.2, 0.25) is 0 Å². The number of carboxylic acids is 1. The van der Waals surface area contributed by atoms with Crippen LogP contribution in [-0.2, 0) is 16.1 Å². The Morgan fingerprint density at radius 1 is 1.31 bits per heavy atom. The summed E-state index contributed by atoms with van der Waals surface area (Å²) in [6, 6.07) is 8.37. The molecule has 4 rings (SSSR count). The molecule has 3 amide bonds. The lowest BCUT2D eigenvalue weighted by atomic mass is 9.89. The summed E-state index contributed by atoms with van der Waals surface area (Å²) in [6.07, 6.45) is 1.39. The lowest BCUT2D eigenvalue weighted by molar-refractivity contribution is -0.156. The van der Waals surface area contributed by atoms with E-state index in [1.165, 1.54) is 34.8 Å². The summed E-state index contributed by atoms with van der Waals surface area (Å²) < 4.78 is 0. The number of amides is 3. The zero-order chi connectivity index (χ0) is 22.7. The first-order valence-corrected chi connectivity index (χ1v) is 11.9. The second kappa shape index (κ2) is 9.33. The number of nitrogens with one attached hydrogen (secondary N) is 2. The third-order valence-corrected chi connectivity index (χ3v) is 8.07. The normalized spacial score (nSPS) is 24.3. The Kier molecular flexibility index (Phi) is 6.51. The van der Waals surface area contributed by atoms with Gasteiger partial charge in [0, 0.05) is 24.6 Å². The number of aromatic nitrogens is 3. The molecule has 3 heterocycles. The van der Waals surface area contributed by atoms with E-state index in [0.29, 0.717) is 23.3 Å². The maximum atomic E-state index is 12.7. The number of nitrogens with zero attached hydrogens (tertiary/aromatic N) is 4. The maximum Gasteiger partial charge on any atom is 0.315 e. The monoisotopic (exact) mass is 474 g/mol. The van der Waals surface area contributed by atoms with Crippen molar-refractivity contribution in [1.29, 1.82) is 0 Å². The summed E-state index contributed by atoms with van der Waals surface area (Å²) in [5, 5.41) is 15.6. The Hall–Kier alpha value is -2.86. The molecular weight excluding hydrogens is 452 g/mol. The van der Waals surface area contributed by atoms with Crippen LogP contribution in [0.15, 0.2) is 41.8 Å². The molecule has 3 atom stereocenters. The van der Waals surface area contributed by atoms with Gasteiger partial charge < -0.3 is 20.6 Å². The van der Waals surface area contributed by atoms with E-state index in [1.54, 1.807) is 6.92 Å². The molecule has 1 aromatic heterocycles. The second-order valence-corrected chi connectivity index (χ2v) is 9.69. The molecule has 0 aliphatic carbocycles. The third-order valence-electron chi connectivity index (χ3n) is 5.33. The molecule has 0 radical (unpaired) electrons. The van der Waals surface area contributed by atoms with Crippen LogP contribution in [0.25, 0.3) is 0 Å². The van der Waals surface area contributed by atoms with E-state index in [9.17, 15) is 19.5 Å². The van der Waals surface area contributed by atoms with Gasteiger partial charge in [-0.3, -0.25) is 9.59 Å². The van der Waals surface area contributed by atoms with E-state index in [2.05, 4.69) is 25.6 Å². The quantitative estimate of drug-likeness (QED) is 0.398. The van der Waals surface area contributed by atoms with Gasteiger partial charge in [-0.15, -0.1) is 11.8 Å². The first-order chi connectivity index (χ1) is 15.4. The largest absolute Gasteiger partial charge is 0.481 e. The number of urea groups is 1. The Morgan fingerprint density at radius 3 is 2.81 bits per heavy atom. The summed E-state index contributed by atoms with van der Waals surface area (Å²) in [6.45, 7) is 2.17. The second-order valence-electron chi connectivity index (χ2n) is 7.65. The fourth-order valence-corrected chi connectivity index (χ4v) is 6.22. The highest BCUT2D eigenvalue weighted by Gasteiger charge is 2.57. The highest BCUT2D eigenvalue weighted by atomic mass is 32.2. The molecule has 32 heavy (non-hydrogen) atoms. The van der Waals surface area contributed by atoms with E-state index in [0.717, 1.165) is 5.56 Å². The van der Waals surface area contributed by atoms with Gasteiger partial charge in [0.15, 0.2) is 5.16 Å². The topological polar surface area (TPSA) is 137 Å². The van der Waals surface area contributed by atoms with Gasteiger partial charge in [0.1, 0.15) is 29.0 Å². The summed E-state index contributed by atoms with van der Waals surface area (Å²) >= 11 is 2.61. The molecule has 12 heteroatoms. The maximum absolute atomic E-state index is 12.7. The number of carbonyl (C=O) groups is 3. The molecule has 0 saturated carbocycles. The first kappa shape index (κ1) is 22.3. The average Bonchev–Trinajstić information content (AvgIpc) is 2.80. The van der Waals surface area contributed by atoms with Gasteiger partial charge in [-0.2, -0.15) is 0 Å². The summed E-state index contributed by atoms with van der Waals surface area (Å²) in [5.41, 5.74) is -0.170. The number of benzene rings is 1. The van der Waals surface area contributed by atoms with Crippen LogP contribution in [-0.4, -0.2) is 72.3 Å². The molecule has 3 N–H and O–H groups in total. The van der Waals surface area contributed by atoms with E-state index < -0.39 is 23.5 Å². The van der Waals surface area contributed by atoms with Crippen LogP contribution >= 0.6 is 23.5 Å². The van der Waals surface area contributed by atoms with Gasteiger partial charge in [0.2, 0.25) is 5.91 Å². The van der Waals surface area contributed by atoms with Gasteiger partial charge in [-0.25, -0.2) is 19.7 Å². The number of hydrogen-bond acceptors (Lipinski definition) is 8. The molecule has 10 nitrogen and oxygen atoms in total. The standard InChI is InChI=1S/C20H22N6O4S2/c1-12-22-11-23-19(24-12)32-10-20(17(28)29)8-26-15(27)14(16(26)31-9-20)25-18(30)21-7-13-5-3-2-4-6-13/h2-6,11,14,16H,7-10H2,1H3,(H,28,29)(H2,21,25,30)/t14?,16-,20?/m1/s1. The Labute approximate surface area is 193 Å². The van der Waals surface area contributed by atoms with Gasteiger partial charge in [-0.1, -0.05) is 42.1 Å². The molecule has 2 aliphatic rings. The number of carbonyl (C=O) groups excluding carboxylic acids is 2. The minimum atomic E-state index is -1.12. The smallest absolute Gasteiger partial charge is 0.315 e. The predicted octanol–water partition coefficient (Wildman–Crippen LogP) is 1.13. The number of fused-ring (bicyclic) bond motifs is 1. The minimum absolute atomic E-state index is 0.0830. The minimum Gasteiger partial charge on any atom is -0.481 e. The van der Waals surface area contributed by atoms with Gasteiger partial charge in [-0.05, 0) is 12.5 Å². The van der Waals surface area contributed by atoms with Gasteiger partial charge in [0.25, 0.3) is 0 Å². The zero-order valence-corrected chi connectivity index (χ0v) is 18.9. The SMILES string of the molecule is Cc1ncnc(SCC2(C(=O)O)CS[C@@H]3C(NC(=O)NCc4ccccc4)C(=O)N3C2)n1. The van der Waals surface area contributed by atoms with Crippen molar-refractivity contribution in [3.8, 4) is 0 Å². The molecule has 1 aromatic carbocycles. The number of carboxylic acid groups (broad SMARTS) is 1. The summed E-state index contributed by atoms with van der Waals surface area (Å²) in [7, 11) is 0. The fraction of sp³-hybridized carbons (Fsp3) is 0.400. The van der Waals surface area contributed by atoms with Crippen LogP contribution in [0.1, 0.15) is 11.4 Å². The predicted molar refractivity (Wildman–Crippen MR) is 119 cm³/mol. The number of hydrogen-bond donors (Lipinski definition) is 3. The molecule has 2 aliphatic heterocycles. The van der Waals surface area contributed by atoms with Crippen molar-refractivity contribution in [2.45, 2.75) is 30.0 Å². The van der Waals surface area contributed by atoms with Crippen molar-refractivity contribution in [1.82, 2.24) is 30.5 Å². The molecule has 0 spiro atoms. The van der Waals surface area contributed by atoms with Crippen molar-refractivity contribution >= 4 is 41.4 Å². The molecule has 2 saturated heterocycles. The molecule has 168 valence electrons. The highest BCUT2D eigenvalue weighted by molar-refractivity contribution is 8.00. The average molecular weight is 475 g/mol. The van der Waals surface area contributed by atoms with Crippen LogP contribution in [0, 0.1) is 12.3 Å². The van der Waals surface area contributed by atoms with Crippen molar-refractivity contribution in [3.05, 3.63) is 48.0 Å². The first-order valence-electron chi connectivity index (χ1n) is 9.90. The van der Waals surface area contributed by atoms with Crippen LogP contribution in [0.5, 0.6) is 0 Å². The lowest BCUT2D eigenvalue weighted by Crippen LogP contribution is -2.74.